The highest BCUT2D eigenvalue weighted by Crippen LogP contribution is 2.36. The lowest BCUT2D eigenvalue weighted by molar-refractivity contribution is -0.148. The summed E-state index contributed by atoms with van der Waals surface area (Å²) in [5.74, 6) is -0.492. The fourth-order valence-corrected chi connectivity index (χ4v) is 3.78. The number of carboxylic acids is 1. The van der Waals surface area contributed by atoms with Crippen LogP contribution >= 0.6 is 0 Å². The first-order valence-electron chi connectivity index (χ1n) is 7.99. The Morgan fingerprint density at radius 3 is 2.15 bits per heavy atom. The molecule has 0 aliphatic heterocycles. The van der Waals surface area contributed by atoms with Crippen LogP contribution in [0.4, 0.5) is 0 Å². The zero-order chi connectivity index (χ0) is 14.5. The molecule has 0 saturated heterocycles. The van der Waals surface area contributed by atoms with Gasteiger partial charge in [-0.15, -0.1) is 0 Å². The Labute approximate surface area is 121 Å². The second kappa shape index (κ2) is 7.05. The first kappa shape index (κ1) is 15.3. The highest BCUT2D eigenvalue weighted by molar-refractivity contribution is 5.84. The van der Waals surface area contributed by atoms with Crippen molar-refractivity contribution in [1.29, 1.82) is 0 Å². The van der Waals surface area contributed by atoms with E-state index in [9.17, 15) is 14.7 Å². The van der Waals surface area contributed by atoms with E-state index in [0.717, 1.165) is 12.8 Å². The van der Waals surface area contributed by atoms with Crippen LogP contribution in [0.25, 0.3) is 0 Å². The molecule has 3 unspecified atom stereocenters. The zero-order valence-corrected chi connectivity index (χ0v) is 12.4. The monoisotopic (exact) mass is 278 g/mol. The molecule has 20 heavy (non-hydrogen) atoms. The molecular formula is C17H26O3. The Bertz CT molecular complexity index is 380. The fraction of sp³-hybridized carbons (Fsp3) is 0.765. The number of hydrogen-bond acceptors (Lipinski definition) is 2. The third kappa shape index (κ3) is 3.94. The van der Waals surface area contributed by atoms with Gasteiger partial charge in [-0.25, -0.2) is 0 Å². The van der Waals surface area contributed by atoms with Crippen molar-refractivity contribution in [3.63, 3.8) is 0 Å². The number of allylic oxidation sites excluding steroid dienone is 2. The molecular weight excluding hydrogens is 252 g/mol. The topological polar surface area (TPSA) is 54.4 Å². The van der Waals surface area contributed by atoms with Crippen molar-refractivity contribution in [1.82, 2.24) is 0 Å². The second-order valence-electron chi connectivity index (χ2n) is 6.52. The van der Waals surface area contributed by atoms with Gasteiger partial charge in [0.2, 0.25) is 0 Å². The van der Waals surface area contributed by atoms with Crippen molar-refractivity contribution < 1.29 is 14.7 Å². The molecule has 2 rings (SSSR count). The average Bonchev–Trinajstić information content (AvgIpc) is 2.45. The van der Waals surface area contributed by atoms with Crippen molar-refractivity contribution in [3.8, 4) is 0 Å². The van der Waals surface area contributed by atoms with E-state index in [0.29, 0.717) is 18.3 Å². The zero-order valence-electron chi connectivity index (χ0n) is 12.4. The quantitative estimate of drug-likeness (QED) is 0.795. The van der Waals surface area contributed by atoms with Gasteiger partial charge in [-0.1, -0.05) is 31.4 Å². The lowest BCUT2D eigenvalue weighted by Crippen LogP contribution is -2.34. The standard InChI is InChI=1S/C17H26O3/c1-12(18)15-10-9-14(11-16(15)17(19)20)8-7-13-5-3-2-4-6-13/h7-8,13-16H,2-6,9-11H2,1H3,(H,19,20). The number of carbonyl (C=O) groups is 2. The number of ketones is 1. The first-order chi connectivity index (χ1) is 9.58. The van der Waals surface area contributed by atoms with Crippen LogP contribution in [0.2, 0.25) is 0 Å². The molecule has 3 atom stereocenters. The maximum atomic E-state index is 11.5. The maximum Gasteiger partial charge on any atom is 0.307 e. The fourth-order valence-electron chi connectivity index (χ4n) is 3.78. The molecule has 0 aromatic rings. The molecule has 2 aliphatic carbocycles. The number of hydrogen-bond donors (Lipinski definition) is 1. The van der Waals surface area contributed by atoms with E-state index in [2.05, 4.69) is 12.2 Å². The molecule has 0 amide bonds. The average molecular weight is 278 g/mol. The van der Waals surface area contributed by atoms with Crippen LogP contribution in [0.15, 0.2) is 12.2 Å². The summed E-state index contributed by atoms with van der Waals surface area (Å²) in [4.78, 5) is 22.9. The molecule has 1 N–H and O–H groups in total. The minimum Gasteiger partial charge on any atom is -0.481 e. The van der Waals surface area contributed by atoms with Gasteiger partial charge in [0.05, 0.1) is 5.92 Å². The minimum absolute atomic E-state index is 0.0344. The maximum absolute atomic E-state index is 11.5. The third-order valence-corrected chi connectivity index (χ3v) is 5.04. The Hall–Kier alpha value is -1.12. The molecule has 0 heterocycles. The van der Waals surface area contributed by atoms with Gasteiger partial charge in [0.1, 0.15) is 5.78 Å². The van der Waals surface area contributed by atoms with E-state index in [1.54, 1.807) is 0 Å². The highest BCUT2D eigenvalue weighted by Gasteiger charge is 2.36. The van der Waals surface area contributed by atoms with Crippen molar-refractivity contribution >= 4 is 11.8 Å². The summed E-state index contributed by atoms with van der Waals surface area (Å²) in [6.45, 7) is 1.53. The van der Waals surface area contributed by atoms with Gasteiger partial charge in [0.15, 0.2) is 0 Å². The minimum atomic E-state index is -0.805. The predicted octanol–water partition coefficient (Wildman–Crippen LogP) is 3.83. The molecule has 0 spiro atoms. The van der Waals surface area contributed by atoms with Gasteiger partial charge < -0.3 is 5.11 Å². The lowest BCUT2D eigenvalue weighted by atomic mass is 9.72. The van der Waals surface area contributed by atoms with Gasteiger partial charge >= 0.3 is 5.97 Å². The van der Waals surface area contributed by atoms with Crippen LogP contribution < -0.4 is 0 Å². The molecule has 112 valence electrons. The molecule has 0 aromatic carbocycles. The molecule has 3 heteroatoms. The van der Waals surface area contributed by atoms with E-state index in [-0.39, 0.29) is 11.7 Å². The van der Waals surface area contributed by atoms with Gasteiger partial charge in [-0.3, -0.25) is 9.59 Å². The van der Waals surface area contributed by atoms with Crippen LogP contribution in [0, 0.1) is 23.7 Å². The van der Waals surface area contributed by atoms with Crippen LogP contribution in [-0.2, 0) is 9.59 Å². The molecule has 3 nitrogen and oxygen atoms in total. The van der Waals surface area contributed by atoms with Crippen molar-refractivity contribution in [3.05, 3.63) is 12.2 Å². The summed E-state index contributed by atoms with van der Waals surface area (Å²) in [5.41, 5.74) is 0. The van der Waals surface area contributed by atoms with Crippen molar-refractivity contribution in [2.24, 2.45) is 23.7 Å². The first-order valence-corrected chi connectivity index (χ1v) is 7.99. The molecule has 2 fully saturated rings. The number of rotatable bonds is 4. The Balaban J connectivity index is 1.92. The summed E-state index contributed by atoms with van der Waals surface area (Å²) in [7, 11) is 0. The van der Waals surface area contributed by atoms with E-state index < -0.39 is 11.9 Å². The number of carboxylic acid groups (broad SMARTS) is 1. The van der Waals surface area contributed by atoms with Gasteiger partial charge in [-0.2, -0.15) is 0 Å². The molecule has 0 aromatic heterocycles. The SMILES string of the molecule is CC(=O)C1CCC(C=CC2CCCCC2)CC1C(=O)O. The van der Waals surface area contributed by atoms with Gasteiger partial charge in [0.25, 0.3) is 0 Å². The Kier molecular flexibility index (Phi) is 5.38. The summed E-state index contributed by atoms with van der Waals surface area (Å²) in [6, 6.07) is 0. The largest absolute Gasteiger partial charge is 0.481 e. The molecule has 2 saturated carbocycles. The highest BCUT2D eigenvalue weighted by atomic mass is 16.4. The van der Waals surface area contributed by atoms with Crippen LogP contribution in [0.3, 0.4) is 0 Å². The van der Waals surface area contributed by atoms with Gasteiger partial charge in [0, 0.05) is 5.92 Å². The molecule has 0 bridgehead atoms. The van der Waals surface area contributed by atoms with Crippen molar-refractivity contribution in [2.75, 3.05) is 0 Å². The summed E-state index contributed by atoms with van der Waals surface area (Å²) < 4.78 is 0. The van der Waals surface area contributed by atoms with E-state index >= 15 is 0 Å². The lowest BCUT2D eigenvalue weighted by Gasteiger charge is -2.31. The summed E-state index contributed by atoms with van der Waals surface area (Å²) >= 11 is 0. The van der Waals surface area contributed by atoms with Crippen molar-refractivity contribution in [2.45, 2.75) is 58.3 Å². The predicted molar refractivity (Wildman–Crippen MR) is 78.4 cm³/mol. The Morgan fingerprint density at radius 1 is 0.900 bits per heavy atom. The second-order valence-corrected chi connectivity index (χ2v) is 6.52. The van der Waals surface area contributed by atoms with E-state index in [4.69, 9.17) is 0 Å². The summed E-state index contributed by atoms with van der Waals surface area (Å²) in [5, 5.41) is 9.32. The van der Waals surface area contributed by atoms with Crippen LogP contribution in [0.5, 0.6) is 0 Å². The molecule has 0 radical (unpaired) electrons. The number of carbonyl (C=O) groups excluding carboxylic acids is 1. The number of Topliss-reactive ketones (excluding diaryl/α,β-unsaturated/α-hetero) is 1. The third-order valence-electron chi connectivity index (χ3n) is 5.04. The van der Waals surface area contributed by atoms with E-state index in [1.807, 2.05) is 0 Å². The van der Waals surface area contributed by atoms with Crippen LogP contribution in [-0.4, -0.2) is 16.9 Å². The Morgan fingerprint density at radius 2 is 1.55 bits per heavy atom. The normalized spacial score (nSPS) is 32.4. The summed E-state index contributed by atoms with van der Waals surface area (Å²) in [6.07, 6.45) is 13.4. The van der Waals surface area contributed by atoms with E-state index in [1.165, 1.54) is 39.0 Å². The van der Waals surface area contributed by atoms with Crippen LogP contribution in [0.1, 0.15) is 58.3 Å². The van der Waals surface area contributed by atoms with Gasteiger partial charge in [-0.05, 0) is 50.9 Å². The molecule has 2 aliphatic rings. The smallest absolute Gasteiger partial charge is 0.307 e. The number of aliphatic carboxylic acids is 1.